The van der Waals surface area contributed by atoms with E-state index in [1.165, 1.54) is 6.07 Å². The molecule has 0 fully saturated rings. The fourth-order valence-electron chi connectivity index (χ4n) is 1.95. The number of carbonyl (C=O) groups excluding carboxylic acids is 1. The minimum Gasteiger partial charge on any atom is -0.349 e. The van der Waals surface area contributed by atoms with Crippen molar-refractivity contribution in [3.63, 3.8) is 0 Å². The Morgan fingerprint density at radius 3 is 2.43 bits per heavy atom. The number of nitrogens with one attached hydrogen (secondary N) is 1. The van der Waals surface area contributed by atoms with Gasteiger partial charge in [0.2, 0.25) is 10.0 Å². The molecule has 8 heteroatoms. The first-order valence-electron chi connectivity index (χ1n) is 6.27. The third-order valence-corrected chi connectivity index (χ3v) is 5.06. The maximum Gasteiger partial charge on any atom is 0.251 e. The van der Waals surface area contributed by atoms with Crippen LogP contribution in [0.1, 0.15) is 28.4 Å². The molecule has 0 spiro atoms. The first-order chi connectivity index (χ1) is 9.52. The second-order valence-corrected chi connectivity index (χ2v) is 8.09. The van der Waals surface area contributed by atoms with Gasteiger partial charge in [0.25, 0.3) is 5.91 Å². The zero-order chi connectivity index (χ0) is 16.4. The van der Waals surface area contributed by atoms with E-state index >= 15 is 0 Å². The lowest BCUT2D eigenvalue weighted by Gasteiger charge is -2.14. The molecule has 0 bridgehead atoms. The van der Waals surface area contributed by atoms with Crippen LogP contribution in [-0.4, -0.2) is 36.6 Å². The van der Waals surface area contributed by atoms with E-state index in [-0.39, 0.29) is 16.5 Å². The Balaban J connectivity index is 3.12. The summed E-state index contributed by atoms with van der Waals surface area (Å²) in [6, 6.07) is 2.60. The molecule has 21 heavy (non-hydrogen) atoms. The number of amides is 1. The van der Waals surface area contributed by atoms with E-state index in [1.807, 2.05) is 0 Å². The molecule has 0 saturated heterocycles. The number of hydrogen-bond acceptors (Lipinski definition) is 4. The van der Waals surface area contributed by atoms with Crippen LogP contribution >= 0.6 is 0 Å². The largest absolute Gasteiger partial charge is 0.349 e. The third-order valence-electron chi connectivity index (χ3n) is 3.05. The number of carbonyl (C=O) groups is 1. The molecule has 118 valence electrons. The highest BCUT2D eigenvalue weighted by Gasteiger charge is 2.18. The molecule has 0 heterocycles. The van der Waals surface area contributed by atoms with Crippen molar-refractivity contribution >= 4 is 26.7 Å². The summed E-state index contributed by atoms with van der Waals surface area (Å²) in [7, 11) is -4.91. The average molecular weight is 332 g/mol. The average Bonchev–Trinajstić information content (AvgIpc) is 2.29. The van der Waals surface area contributed by atoms with Gasteiger partial charge in [0.15, 0.2) is 0 Å². The van der Waals surface area contributed by atoms with Crippen molar-refractivity contribution in [1.82, 2.24) is 5.32 Å². The molecule has 6 nitrogen and oxygen atoms in total. The molecule has 2 atom stereocenters. The topological polar surface area (TPSA) is 106 Å². The maximum absolute atomic E-state index is 12.1. The summed E-state index contributed by atoms with van der Waals surface area (Å²) >= 11 is 0. The number of hydrogen-bond donors (Lipinski definition) is 2. The van der Waals surface area contributed by atoms with Gasteiger partial charge in [-0.05, 0) is 44.0 Å². The zero-order valence-corrected chi connectivity index (χ0v) is 14.1. The van der Waals surface area contributed by atoms with Crippen molar-refractivity contribution in [1.29, 1.82) is 0 Å². The molecule has 1 rings (SSSR count). The van der Waals surface area contributed by atoms with E-state index in [1.54, 1.807) is 33.1 Å². The molecule has 0 aliphatic heterocycles. The summed E-state index contributed by atoms with van der Waals surface area (Å²) in [6.45, 7) is 5.09. The molecule has 0 aliphatic rings. The second-order valence-electron chi connectivity index (χ2n) is 5.08. The van der Waals surface area contributed by atoms with E-state index < -0.39 is 26.7 Å². The minimum atomic E-state index is -3.89. The Morgan fingerprint density at radius 1 is 1.38 bits per heavy atom. The Hall–Kier alpha value is -1.25. The zero-order valence-electron chi connectivity index (χ0n) is 12.5. The van der Waals surface area contributed by atoms with Gasteiger partial charge >= 0.3 is 0 Å². The predicted octanol–water partition coefficient (Wildman–Crippen LogP) is 0.448. The summed E-state index contributed by atoms with van der Waals surface area (Å²) in [4.78, 5) is 12.1. The molecular weight excluding hydrogens is 312 g/mol. The van der Waals surface area contributed by atoms with Crippen LogP contribution in [0.5, 0.6) is 0 Å². The van der Waals surface area contributed by atoms with Crippen molar-refractivity contribution in [3.8, 4) is 0 Å². The molecular formula is C13H20N2O4S2. The maximum atomic E-state index is 12.1. The molecule has 3 N–H and O–H groups in total. The summed E-state index contributed by atoms with van der Waals surface area (Å²) < 4.78 is 34.2. The van der Waals surface area contributed by atoms with Gasteiger partial charge < -0.3 is 5.32 Å². The smallest absolute Gasteiger partial charge is 0.251 e. The van der Waals surface area contributed by atoms with E-state index in [9.17, 15) is 17.4 Å². The predicted molar refractivity (Wildman–Crippen MR) is 83.2 cm³/mol. The molecule has 0 radical (unpaired) electrons. The first kappa shape index (κ1) is 17.8. The van der Waals surface area contributed by atoms with Crippen LogP contribution in [0.25, 0.3) is 0 Å². The highest BCUT2D eigenvalue weighted by molar-refractivity contribution is 7.89. The van der Waals surface area contributed by atoms with Crippen LogP contribution in [0.2, 0.25) is 0 Å². The minimum absolute atomic E-state index is 0.0561. The first-order valence-corrected chi connectivity index (χ1v) is 9.54. The van der Waals surface area contributed by atoms with Crippen molar-refractivity contribution in [2.75, 3.05) is 12.0 Å². The Kier molecular flexibility index (Phi) is 5.66. The summed E-state index contributed by atoms with van der Waals surface area (Å²) in [5.74, 6) is -0.0838. The number of primary sulfonamides is 1. The van der Waals surface area contributed by atoms with Gasteiger partial charge in [-0.2, -0.15) is 0 Å². The third kappa shape index (κ3) is 4.90. The van der Waals surface area contributed by atoms with Crippen LogP contribution < -0.4 is 10.5 Å². The molecule has 0 saturated carbocycles. The van der Waals surface area contributed by atoms with E-state index in [0.29, 0.717) is 16.9 Å². The van der Waals surface area contributed by atoms with E-state index in [2.05, 4.69) is 5.32 Å². The second kappa shape index (κ2) is 6.67. The normalized spacial score (nSPS) is 14.5. The van der Waals surface area contributed by atoms with Gasteiger partial charge in [0.1, 0.15) is 0 Å². The fourth-order valence-corrected chi connectivity index (χ4v) is 3.62. The van der Waals surface area contributed by atoms with E-state index in [4.69, 9.17) is 5.14 Å². The molecule has 1 aromatic rings. The van der Waals surface area contributed by atoms with E-state index in [0.717, 1.165) is 0 Å². The Morgan fingerprint density at radius 2 is 1.95 bits per heavy atom. The van der Waals surface area contributed by atoms with Gasteiger partial charge in [-0.3, -0.25) is 9.00 Å². The van der Waals surface area contributed by atoms with Crippen LogP contribution in [0.3, 0.4) is 0 Å². The lowest BCUT2D eigenvalue weighted by molar-refractivity contribution is 0.0943. The lowest BCUT2D eigenvalue weighted by Crippen LogP contribution is -2.36. The molecule has 1 amide bonds. The standard InChI is InChI=1S/C13H20N2O4S2/c1-8-5-11(6-12(10(8)3)21(14,18)19)13(16)15-9(2)7-20(4)17/h5-6,9H,7H2,1-4H3,(H,15,16)(H2,14,18,19). The quantitative estimate of drug-likeness (QED) is 0.816. The van der Waals surface area contributed by atoms with Gasteiger partial charge in [-0.15, -0.1) is 0 Å². The number of nitrogens with two attached hydrogens (primary N) is 1. The monoisotopic (exact) mass is 332 g/mol. The van der Waals surface area contributed by atoms with Gasteiger partial charge in [0.05, 0.1) is 4.90 Å². The van der Waals surface area contributed by atoms with Crippen molar-refractivity contribution in [2.24, 2.45) is 5.14 Å². The van der Waals surface area contributed by atoms with Crippen molar-refractivity contribution in [3.05, 3.63) is 28.8 Å². The van der Waals surface area contributed by atoms with Crippen molar-refractivity contribution < 1.29 is 17.4 Å². The van der Waals surface area contributed by atoms with Crippen LogP contribution in [0, 0.1) is 13.8 Å². The van der Waals surface area contributed by atoms with Gasteiger partial charge in [-0.1, -0.05) is 0 Å². The highest BCUT2D eigenvalue weighted by atomic mass is 32.2. The fraction of sp³-hybridized carbons (Fsp3) is 0.462. The summed E-state index contributed by atoms with van der Waals surface area (Å²) in [5.41, 5.74) is 1.41. The van der Waals surface area contributed by atoms with Crippen LogP contribution in [0.15, 0.2) is 17.0 Å². The lowest BCUT2D eigenvalue weighted by atomic mass is 10.1. The number of aryl methyl sites for hydroxylation is 1. The van der Waals surface area contributed by atoms with Gasteiger partial charge in [0, 0.05) is 34.4 Å². The number of sulfonamides is 1. The summed E-state index contributed by atoms with van der Waals surface area (Å²) in [5, 5.41) is 7.85. The Labute approximate surface area is 127 Å². The van der Waals surface area contributed by atoms with Crippen LogP contribution in [-0.2, 0) is 20.8 Å². The van der Waals surface area contributed by atoms with Crippen LogP contribution in [0.4, 0.5) is 0 Å². The number of rotatable bonds is 5. The summed E-state index contributed by atoms with van der Waals surface area (Å²) in [6.07, 6.45) is 1.55. The van der Waals surface area contributed by atoms with Crippen molar-refractivity contribution in [2.45, 2.75) is 31.7 Å². The SMILES string of the molecule is Cc1cc(C(=O)NC(C)CS(C)=O)cc(S(N)(=O)=O)c1C. The highest BCUT2D eigenvalue weighted by Crippen LogP contribution is 2.20. The van der Waals surface area contributed by atoms with Gasteiger partial charge in [-0.25, -0.2) is 13.6 Å². The number of benzene rings is 1. The molecule has 0 aliphatic carbocycles. The molecule has 1 aromatic carbocycles. The Bertz CT molecular complexity index is 684. The molecule has 0 aromatic heterocycles. The molecule has 2 unspecified atom stereocenters.